The number of hydrogen-bond donors (Lipinski definition) is 1. The number of methoxy groups -OCH3 is 1. The average molecular weight is 320 g/mol. The van der Waals surface area contributed by atoms with E-state index >= 15 is 0 Å². The number of aromatic nitrogens is 1. The van der Waals surface area contributed by atoms with Crippen LogP contribution in [-0.4, -0.2) is 17.0 Å². The number of hydrogen-bond acceptors (Lipinski definition) is 4. The van der Waals surface area contributed by atoms with E-state index in [1.807, 2.05) is 0 Å². The molecule has 1 heterocycles. The summed E-state index contributed by atoms with van der Waals surface area (Å²) >= 11 is 0. The second kappa shape index (κ2) is 5.89. The van der Waals surface area contributed by atoms with Crippen molar-refractivity contribution in [2.24, 2.45) is 0 Å². The maximum absolute atomic E-state index is 12.4. The van der Waals surface area contributed by atoms with Crippen molar-refractivity contribution < 1.29 is 9.66 Å². The van der Waals surface area contributed by atoms with Gasteiger partial charge < -0.3 is 9.72 Å². The van der Waals surface area contributed by atoms with Crippen LogP contribution in [0.4, 0.5) is 5.69 Å². The molecule has 0 fully saturated rings. The fourth-order valence-corrected chi connectivity index (χ4v) is 2.55. The Kier molecular flexibility index (Phi) is 3.76. The molecule has 118 valence electrons. The third-order valence-electron chi connectivity index (χ3n) is 3.72. The summed E-state index contributed by atoms with van der Waals surface area (Å²) in [5, 5.41) is 12.1. The van der Waals surface area contributed by atoms with Gasteiger partial charge in [-0.3, -0.25) is 14.9 Å². The van der Waals surface area contributed by atoms with Crippen molar-refractivity contribution in [2.75, 3.05) is 7.11 Å². The summed E-state index contributed by atoms with van der Waals surface area (Å²) in [5.74, 6) is 2.93. The molecule has 0 radical (unpaired) electrons. The quantitative estimate of drug-likeness (QED) is 0.456. The first-order valence-corrected chi connectivity index (χ1v) is 7.00. The molecule has 24 heavy (non-hydrogen) atoms. The molecule has 0 unspecified atom stereocenters. The Balaban J connectivity index is 2.35. The van der Waals surface area contributed by atoms with Crippen LogP contribution in [0.25, 0.3) is 22.0 Å². The van der Waals surface area contributed by atoms with Crippen LogP contribution in [0.15, 0.2) is 47.3 Å². The third kappa shape index (κ3) is 2.48. The number of fused-ring (bicyclic) bond motifs is 1. The van der Waals surface area contributed by atoms with E-state index < -0.39 is 10.5 Å². The number of nitrogens with zero attached hydrogens (tertiary/aromatic N) is 1. The SMILES string of the molecule is C#Cc1ccc(-c2[nH]c(=O)c3cc(OC)ccc3c2[N+](=O)[O-])cc1. The van der Waals surface area contributed by atoms with Gasteiger partial charge in [-0.2, -0.15) is 0 Å². The van der Waals surface area contributed by atoms with Crippen LogP contribution < -0.4 is 10.3 Å². The number of H-pyrrole nitrogens is 1. The highest BCUT2D eigenvalue weighted by Crippen LogP contribution is 2.34. The van der Waals surface area contributed by atoms with Crippen LogP contribution in [0.3, 0.4) is 0 Å². The van der Waals surface area contributed by atoms with E-state index in [9.17, 15) is 14.9 Å². The number of benzene rings is 2. The van der Waals surface area contributed by atoms with Crippen molar-refractivity contribution in [3.8, 4) is 29.4 Å². The molecule has 0 spiro atoms. The largest absolute Gasteiger partial charge is 0.497 e. The number of ether oxygens (including phenoxy) is 1. The Morgan fingerprint density at radius 3 is 2.46 bits per heavy atom. The number of rotatable bonds is 3. The topological polar surface area (TPSA) is 85.2 Å². The average Bonchev–Trinajstić information content (AvgIpc) is 2.61. The van der Waals surface area contributed by atoms with Gasteiger partial charge in [0, 0.05) is 11.1 Å². The summed E-state index contributed by atoms with van der Waals surface area (Å²) < 4.78 is 5.08. The van der Waals surface area contributed by atoms with Crippen LogP contribution in [0.5, 0.6) is 5.75 Å². The van der Waals surface area contributed by atoms with Gasteiger partial charge in [0.25, 0.3) is 5.56 Å². The Hall–Kier alpha value is -3.59. The molecule has 1 aromatic heterocycles. The summed E-state index contributed by atoms with van der Waals surface area (Å²) in [6.45, 7) is 0. The fourth-order valence-electron chi connectivity index (χ4n) is 2.55. The minimum absolute atomic E-state index is 0.145. The fraction of sp³-hybridized carbons (Fsp3) is 0.0556. The molecule has 0 aliphatic heterocycles. The van der Waals surface area contributed by atoms with Gasteiger partial charge in [0.15, 0.2) is 0 Å². The minimum Gasteiger partial charge on any atom is -0.497 e. The third-order valence-corrected chi connectivity index (χ3v) is 3.72. The minimum atomic E-state index is -0.505. The Bertz CT molecular complexity index is 1040. The molecule has 3 aromatic rings. The Morgan fingerprint density at radius 1 is 1.17 bits per heavy atom. The summed E-state index contributed by atoms with van der Waals surface area (Å²) in [6, 6.07) is 11.2. The number of nitro groups is 1. The molecule has 0 bridgehead atoms. The zero-order valence-corrected chi connectivity index (χ0v) is 12.7. The molecule has 6 nitrogen and oxygen atoms in total. The lowest BCUT2D eigenvalue weighted by Gasteiger charge is -2.08. The smallest absolute Gasteiger partial charge is 0.301 e. The molecule has 3 rings (SSSR count). The highest BCUT2D eigenvalue weighted by atomic mass is 16.6. The Morgan fingerprint density at radius 2 is 1.88 bits per heavy atom. The van der Waals surface area contributed by atoms with Crippen molar-refractivity contribution in [1.29, 1.82) is 0 Å². The van der Waals surface area contributed by atoms with Gasteiger partial charge in [-0.25, -0.2) is 0 Å². The molecular weight excluding hydrogens is 308 g/mol. The first-order chi connectivity index (χ1) is 11.5. The Labute approximate surface area is 136 Å². The molecule has 1 N–H and O–H groups in total. The molecule has 0 saturated carbocycles. The van der Waals surface area contributed by atoms with Gasteiger partial charge in [-0.15, -0.1) is 6.42 Å². The molecule has 0 aliphatic rings. The lowest BCUT2D eigenvalue weighted by molar-refractivity contribution is -0.382. The second-order valence-electron chi connectivity index (χ2n) is 5.07. The van der Waals surface area contributed by atoms with Crippen LogP contribution >= 0.6 is 0 Å². The van der Waals surface area contributed by atoms with E-state index in [1.54, 1.807) is 30.3 Å². The molecule has 0 saturated heterocycles. The molecule has 6 heteroatoms. The number of terminal acetylenes is 1. The standard InChI is InChI=1S/C18H12N2O4/c1-3-11-4-6-12(7-5-11)16-17(20(22)23)14-9-8-13(24-2)10-15(14)18(21)19-16/h1,4-10H,2H3,(H,19,21). The van der Waals surface area contributed by atoms with E-state index in [-0.39, 0.29) is 22.2 Å². The first kappa shape index (κ1) is 15.3. The molecule has 0 amide bonds. The molecular formula is C18H12N2O4. The van der Waals surface area contributed by atoms with Crippen molar-refractivity contribution in [3.63, 3.8) is 0 Å². The van der Waals surface area contributed by atoms with Gasteiger partial charge in [-0.05, 0) is 30.3 Å². The van der Waals surface area contributed by atoms with Gasteiger partial charge >= 0.3 is 5.69 Å². The van der Waals surface area contributed by atoms with E-state index in [0.717, 1.165) is 0 Å². The van der Waals surface area contributed by atoms with E-state index in [0.29, 0.717) is 16.9 Å². The van der Waals surface area contributed by atoms with Crippen LogP contribution in [0, 0.1) is 22.5 Å². The first-order valence-electron chi connectivity index (χ1n) is 7.00. The zero-order valence-electron chi connectivity index (χ0n) is 12.7. The van der Waals surface area contributed by atoms with E-state index in [2.05, 4.69) is 10.9 Å². The van der Waals surface area contributed by atoms with Gasteiger partial charge in [-0.1, -0.05) is 18.1 Å². The maximum atomic E-state index is 12.4. The summed E-state index contributed by atoms with van der Waals surface area (Å²) in [5.41, 5.74) is 0.710. The maximum Gasteiger partial charge on any atom is 0.301 e. The van der Waals surface area contributed by atoms with Gasteiger partial charge in [0.05, 0.1) is 22.8 Å². The van der Waals surface area contributed by atoms with Crippen LogP contribution in [0.1, 0.15) is 5.56 Å². The summed E-state index contributed by atoms with van der Waals surface area (Å²) in [7, 11) is 1.46. The van der Waals surface area contributed by atoms with E-state index in [4.69, 9.17) is 11.2 Å². The van der Waals surface area contributed by atoms with Crippen LogP contribution in [0.2, 0.25) is 0 Å². The summed E-state index contributed by atoms with van der Waals surface area (Å²) in [4.78, 5) is 26.1. The molecule has 0 aliphatic carbocycles. The predicted octanol–water partition coefficient (Wildman–Crippen LogP) is 3.09. The number of pyridine rings is 1. The van der Waals surface area contributed by atoms with Crippen LogP contribution in [-0.2, 0) is 0 Å². The molecule has 2 aromatic carbocycles. The number of nitrogens with one attached hydrogen (secondary N) is 1. The normalized spacial score (nSPS) is 10.3. The lowest BCUT2D eigenvalue weighted by atomic mass is 10.0. The highest BCUT2D eigenvalue weighted by Gasteiger charge is 2.22. The van der Waals surface area contributed by atoms with Crippen molar-refractivity contribution in [1.82, 2.24) is 4.98 Å². The second-order valence-corrected chi connectivity index (χ2v) is 5.07. The highest BCUT2D eigenvalue weighted by molar-refractivity contribution is 5.96. The zero-order chi connectivity index (χ0) is 17.3. The summed E-state index contributed by atoms with van der Waals surface area (Å²) in [6.07, 6.45) is 5.31. The lowest BCUT2D eigenvalue weighted by Crippen LogP contribution is -2.10. The predicted molar refractivity (Wildman–Crippen MR) is 91.1 cm³/mol. The van der Waals surface area contributed by atoms with Gasteiger partial charge in [0.1, 0.15) is 11.4 Å². The van der Waals surface area contributed by atoms with Crippen molar-refractivity contribution in [3.05, 3.63) is 68.5 Å². The van der Waals surface area contributed by atoms with Crippen molar-refractivity contribution >= 4 is 16.5 Å². The molecule has 0 atom stereocenters. The van der Waals surface area contributed by atoms with Crippen molar-refractivity contribution in [2.45, 2.75) is 0 Å². The number of aromatic amines is 1. The van der Waals surface area contributed by atoms with E-state index in [1.165, 1.54) is 19.2 Å². The monoisotopic (exact) mass is 320 g/mol. The van der Waals surface area contributed by atoms with Gasteiger partial charge in [0.2, 0.25) is 0 Å².